The van der Waals surface area contributed by atoms with Gasteiger partial charge in [-0.2, -0.15) is 0 Å². The second kappa shape index (κ2) is 10.8. The van der Waals surface area contributed by atoms with Gasteiger partial charge in [-0.15, -0.1) is 0 Å². The lowest BCUT2D eigenvalue weighted by atomic mass is 10.1. The predicted molar refractivity (Wildman–Crippen MR) is 133 cm³/mol. The largest absolute Gasteiger partial charge is 0.497 e. The van der Waals surface area contributed by atoms with Crippen molar-refractivity contribution in [3.8, 4) is 5.75 Å². The summed E-state index contributed by atoms with van der Waals surface area (Å²) in [6, 6.07) is 22.8. The van der Waals surface area contributed by atoms with Gasteiger partial charge >= 0.3 is 0 Å². The molecular formula is C26H22FN3O3S. The van der Waals surface area contributed by atoms with Crippen LogP contribution in [0.25, 0.3) is 6.08 Å². The summed E-state index contributed by atoms with van der Waals surface area (Å²) in [6.07, 6.45) is 1.70. The summed E-state index contributed by atoms with van der Waals surface area (Å²) in [5, 5.41) is 2.97. The number of hydrogen-bond donors (Lipinski definition) is 1. The third-order valence-electron chi connectivity index (χ3n) is 4.99. The van der Waals surface area contributed by atoms with Crippen LogP contribution in [0.5, 0.6) is 5.75 Å². The van der Waals surface area contributed by atoms with E-state index in [0.717, 1.165) is 22.9 Å². The molecule has 0 saturated heterocycles. The van der Waals surface area contributed by atoms with Crippen LogP contribution in [0.15, 0.2) is 89.6 Å². The summed E-state index contributed by atoms with van der Waals surface area (Å²) >= 11 is 1.13. The van der Waals surface area contributed by atoms with E-state index in [0.29, 0.717) is 17.5 Å². The van der Waals surface area contributed by atoms with E-state index in [9.17, 15) is 14.0 Å². The average Bonchev–Trinajstić information content (AvgIpc) is 3.14. The first-order chi connectivity index (χ1) is 16.5. The second-order valence-corrected chi connectivity index (χ2v) is 8.33. The molecule has 0 fully saturated rings. The highest BCUT2D eigenvalue weighted by Gasteiger charge is 2.31. The number of rotatable bonds is 7. The fraction of sp³-hybridized carbons (Fsp3) is 0.115. The zero-order valence-corrected chi connectivity index (χ0v) is 19.2. The van der Waals surface area contributed by atoms with Gasteiger partial charge in [0, 0.05) is 0 Å². The molecule has 0 bridgehead atoms. The third-order valence-corrected chi connectivity index (χ3v) is 5.97. The minimum absolute atomic E-state index is 0.0262. The molecule has 1 heterocycles. The molecule has 0 saturated carbocycles. The number of carbonyl (C=O) groups excluding carboxylic acids is 2. The zero-order chi connectivity index (χ0) is 23.9. The fourth-order valence-corrected chi connectivity index (χ4v) is 4.08. The second-order valence-electron chi connectivity index (χ2n) is 7.39. The van der Waals surface area contributed by atoms with E-state index in [1.54, 1.807) is 42.4 Å². The zero-order valence-electron chi connectivity index (χ0n) is 18.4. The number of benzene rings is 3. The highest BCUT2D eigenvalue weighted by Crippen LogP contribution is 2.26. The maximum Gasteiger partial charge on any atom is 0.278 e. The summed E-state index contributed by atoms with van der Waals surface area (Å²) in [7, 11) is 1.59. The molecule has 1 aliphatic rings. The van der Waals surface area contributed by atoms with Gasteiger partial charge in [0.2, 0.25) is 5.91 Å². The van der Waals surface area contributed by atoms with E-state index in [4.69, 9.17) is 4.74 Å². The number of amidine groups is 1. The van der Waals surface area contributed by atoms with Crippen LogP contribution in [0.1, 0.15) is 11.1 Å². The van der Waals surface area contributed by atoms with Crippen molar-refractivity contribution in [1.29, 1.82) is 0 Å². The summed E-state index contributed by atoms with van der Waals surface area (Å²) in [5.74, 6) is -0.466. The quantitative estimate of drug-likeness (QED) is 0.491. The number of anilines is 1. The Morgan fingerprint density at radius 2 is 1.76 bits per heavy atom. The van der Waals surface area contributed by atoms with Gasteiger partial charge in [0.15, 0.2) is 5.17 Å². The first kappa shape index (κ1) is 23.3. The van der Waals surface area contributed by atoms with Gasteiger partial charge in [-0.3, -0.25) is 14.5 Å². The highest BCUT2D eigenvalue weighted by molar-refractivity contribution is 8.14. The summed E-state index contributed by atoms with van der Waals surface area (Å²) in [5.41, 5.74) is 2.12. The molecule has 0 aliphatic carbocycles. The van der Waals surface area contributed by atoms with Crippen molar-refractivity contribution in [3.05, 3.63) is 102 Å². The van der Waals surface area contributed by atoms with E-state index in [2.05, 4.69) is 10.3 Å². The molecule has 6 nitrogen and oxygen atoms in total. The van der Waals surface area contributed by atoms with E-state index in [1.165, 1.54) is 12.1 Å². The Bertz CT molecular complexity index is 1240. The molecule has 1 N–H and O–H groups in total. The smallest absolute Gasteiger partial charge is 0.278 e. The van der Waals surface area contributed by atoms with Gasteiger partial charge in [-0.05, 0) is 41.5 Å². The molecular weight excluding hydrogens is 453 g/mol. The van der Waals surface area contributed by atoms with Crippen molar-refractivity contribution >= 4 is 40.5 Å². The number of para-hydroxylation sites is 1. The Hall–Kier alpha value is -3.91. The Morgan fingerprint density at radius 3 is 2.47 bits per heavy atom. The molecule has 3 aromatic rings. The molecule has 4 rings (SSSR count). The molecule has 1 aliphatic heterocycles. The predicted octanol–water partition coefficient (Wildman–Crippen LogP) is 4.95. The van der Waals surface area contributed by atoms with E-state index >= 15 is 0 Å². The molecule has 0 atom stereocenters. The average molecular weight is 476 g/mol. The molecule has 8 heteroatoms. The first-order valence-corrected chi connectivity index (χ1v) is 11.5. The normalized spacial score (nSPS) is 14.3. The van der Waals surface area contributed by atoms with Crippen molar-refractivity contribution in [1.82, 2.24) is 4.90 Å². The van der Waals surface area contributed by atoms with Crippen LogP contribution < -0.4 is 10.1 Å². The standard InChI is InChI=1S/C26H22FN3O3S/c1-33-20-13-11-18(12-14-20)15-23-25(32)30(16-19-7-3-2-4-8-19)26(29-23)34-17-24(31)28-22-10-6-5-9-21(22)27/h2-15H,16-17H2,1H3,(H,28,31)/b23-15-. The van der Waals surface area contributed by atoms with Crippen LogP contribution in [-0.4, -0.2) is 34.7 Å². The lowest BCUT2D eigenvalue weighted by molar-refractivity contribution is -0.123. The molecule has 0 unspecified atom stereocenters. The molecule has 2 amide bonds. The topological polar surface area (TPSA) is 71.0 Å². The van der Waals surface area contributed by atoms with Crippen molar-refractivity contribution in [2.75, 3.05) is 18.2 Å². The number of nitrogens with one attached hydrogen (secondary N) is 1. The Morgan fingerprint density at radius 1 is 1.06 bits per heavy atom. The van der Waals surface area contributed by atoms with Crippen LogP contribution in [-0.2, 0) is 16.1 Å². The highest BCUT2D eigenvalue weighted by atomic mass is 32.2. The van der Waals surface area contributed by atoms with Crippen molar-refractivity contribution in [2.24, 2.45) is 4.99 Å². The summed E-state index contributed by atoms with van der Waals surface area (Å²) < 4.78 is 19.0. The van der Waals surface area contributed by atoms with Gasteiger partial charge in [-0.1, -0.05) is 66.4 Å². The monoisotopic (exact) mass is 475 g/mol. The van der Waals surface area contributed by atoms with Crippen LogP contribution in [0.3, 0.4) is 0 Å². The number of thioether (sulfide) groups is 1. The number of amides is 2. The van der Waals surface area contributed by atoms with Gasteiger partial charge in [0.25, 0.3) is 5.91 Å². The van der Waals surface area contributed by atoms with Crippen LogP contribution in [0.2, 0.25) is 0 Å². The maximum atomic E-state index is 13.8. The Kier molecular flexibility index (Phi) is 7.39. The fourth-order valence-electron chi connectivity index (χ4n) is 3.28. The van der Waals surface area contributed by atoms with Crippen molar-refractivity contribution in [2.45, 2.75) is 6.54 Å². The number of halogens is 1. The third kappa shape index (κ3) is 5.71. The minimum atomic E-state index is -0.510. The van der Waals surface area contributed by atoms with Crippen LogP contribution in [0.4, 0.5) is 10.1 Å². The number of nitrogens with zero attached hydrogens (tertiary/aromatic N) is 2. The Labute approximate surface area is 201 Å². The minimum Gasteiger partial charge on any atom is -0.497 e. The number of hydrogen-bond acceptors (Lipinski definition) is 5. The molecule has 3 aromatic carbocycles. The SMILES string of the molecule is COc1ccc(/C=C2\N=C(SCC(=O)Nc3ccccc3F)N(Cc3ccccc3)C2=O)cc1. The van der Waals surface area contributed by atoms with Gasteiger partial charge < -0.3 is 10.1 Å². The molecule has 0 spiro atoms. The maximum absolute atomic E-state index is 13.8. The van der Waals surface area contributed by atoms with E-state index in [1.807, 2.05) is 42.5 Å². The van der Waals surface area contributed by atoms with Crippen molar-refractivity contribution < 1.29 is 18.7 Å². The van der Waals surface area contributed by atoms with E-state index in [-0.39, 0.29) is 23.0 Å². The number of methoxy groups -OCH3 is 1. The van der Waals surface area contributed by atoms with Crippen LogP contribution in [0, 0.1) is 5.82 Å². The van der Waals surface area contributed by atoms with Crippen molar-refractivity contribution in [3.63, 3.8) is 0 Å². The molecule has 0 radical (unpaired) electrons. The lowest BCUT2D eigenvalue weighted by Gasteiger charge is -2.17. The first-order valence-electron chi connectivity index (χ1n) is 10.5. The number of carbonyl (C=O) groups is 2. The van der Waals surface area contributed by atoms with E-state index < -0.39 is 11.7 Å². The number of ether oxygens (including phenoxy) is 1. The van der Waals surface area contributed by atoms with Crippen LogP contribution >= 0.6 is 11.8 Å². The molecule has 34 heavy (non-hydrogen) atoms. The molecule has 0 aromatic heterocycles. The van der Waals surface area contributed by atoms with Gasteiger partial charge in [0.05, 0.1) is 25.1 Å². The summed E-state index contributed by atoms with van der Waals surface area (Å²) in [4.78, 5) is 31.7. The lowest BCUT2D eigenvalue weighted by Crippen LogP contribution is -2.31. The molecule has 172 valence electrons. The Balaban J connectivity index is 1.53. The van der Waals surface area contributed by atoms with Gasteiger partial charge in [0.1, 0.15) is 17.3 Å². The summed E-state index contributed by atoms with van der Waals surface area (Å²) in [6.45, 7) is 0.320. The number of aliphatic imine (C=N–C) groups is 1. The van der Waals surface area contributed by atoms with Gasteiger partial charge in [-0.25, -0.2) is 9.38 Å².